The molecule has 0 fully saturated rings. The first-order chi connectivity index (χ1) is 17.9. The summed E-state index contributed by atoms with van der Waals surface area (Å²) in [5.74, 6) is 0.269. The molecule has 1 amide bonds. The van der Waals surface area contributed by atoms with E-state index in [1.807, 2.05) is 69.3 Å². The third-order valence-corrected chi connectivity index (χ3v) is 6.15. The van der Waals surface area contributed by atoms with Gasteiger partial charge in [0.2, 0.25) is 11.9 Å². The number of hydrogen-bond acceptors (Lipinski definition) is 6. The second-order valence-corrected chi connectivity index (χ2v) is 9.18. The molecule has 9 heteroatoms. The Morgan fingerprint density at radius 3 is 2.81 bits per heavy atom. The van der Waals surface area contributed by atoms with Gasteiger partial charge in [-0.05, 0) is 51.4 Å². The van der Waals surface area contributed by atoms with E-state index in [0.717, 1.165) is 45.3 Å². The van der Waals surface area contributed by atoms with Crippen LogP contribution in [-0.2, 0) is 18.4 Å². The Balaban J connectivity index is 1.51. The zero-order valence-electron chi connectivity index (χ0n) is 21.4. The quantitative estimate of drug-likeness (QED) is 0.301. The molecule has 188 valence electrons. The number of amides is 1. The number of likely N-dealkylation sites (N-methyl/N-ethyl adjacent to an activating group) is 1. The van der Waals surface area contributed by atoms with Crippen LogP contribution in [0.5, 0.6) is 0 Å². The lowest BCUT2D eigenvalue weighted by Crippen LogP contribution is -2.19. The number of fused-ring (bicyclic) bond motifs is 2. The maximum Gasteiger partial charge on any atom is 0.248 e. The van der Waals surface area contributed by atoms with Crippen LogP contribution in [0, 0.1) is 0 Å². The number of allylic oxidation sites excluding steroid dienone is 1. The molecule has 0 unspecified atom stereocenters. The number of benzene rings is 2. The van der Waals surface area contributed by atoms with Gasteiger partial charge in [0.15, 0.2) is 0 Å². The zero-order valence-corrected chi connectivity index (χ0v) is 21.4. The molecule has 5 rings (SSSR count). The number of rotatable bonds is 8. The van der Waals surface area contributed by atoms with Crippen molar-refractivity contribution in [2.45, 2.75) is 13.5 Å². The van der Waals surface area contributed by atoms with Crippen LogP contribution in [0.25, 0.3) is 33.1 Å². The summed E-state index contributed by atoms with van der Waals surface area (Å²) in [6.45, 7) is 3.34. The van der Waals surface area contributed by atoms with Crippen LogP contribution in [0.4, 0.5) is 17.3 Å². The molecule has 2 aromatic carbocycles. The molecular formula is C28H30N8O. The summed E-state index contributed by atoms with van der Waals surface area (Å²) in [5.41, 5.74) is 5.31. The fraction of sp³-hybridized carbons (Fsp3) is 0.214. The number of hydrogen-bond donors (Lipinski definition) is 2. The number of carbonyl (C=O) groups is 1. The van der Waals surface area contributed by atoms with Crippen molar-refractivity contribution in [3.63, 3.8) is 0 Å². The van der Waals surface area contributed by atoms with Crippen molar-refractivity contribution in [1.29, 1.82) is 0 Å². The van der Waals surface area contributed by atoms with E-state index >= 15 is 0 Å². The molecule has 0 saturated heterocycles. The molecule has 37 heavy (non-hydrogen) atoms. The highest BCUT2D eigenvalue weighted by Gasteiger charge is 2.14. The zero-order chi connectivity index (χ0) is 25.9. The average Bonchev–Trinajstić information content (AvgIpc) is 3.44. The summed E-state index contributed by atoms with van der Waals surface area (Å²) in [5, 5.41) is 12.9. The van der Waals surface area contributed by atoms with E-state index < -0.39 is 0 Å². The third-order valence-electron chi connectivity index (χ3n) is 6.15. The van der Waals surface area contributed by atoms with Crippen LogP contribution >= 0.6 is 0 Å². The minimum atomic E-state index is -0.199. The van der Waals surface area contributed by atoms with Crippen molar-refractivity contribution in [3.05, 3.63) is 73.2 Å². The highest BCUT2D eigenvalue weighted by atomic mass is 16.1. The topological polar surface area (TPSA) is 92.9 Å². The van der Waals surface area contributed by atoms with E-state index in [4.69, 9.17) is 4.98 Å². The standard InChI is InChI=1S/C28H30N8O/c1-5-8-26(37)32-24-16-20(15-19-17-30-36(27(19)24)14-13-34(2)3)31-28-29-12-11-23(33-28)22-18-35(4)25-10-7-6-9-21(22)25/h5-12,15-18H,13-14H2,1-4H3,(H,32,37)(H,29,31,33)/b8-5+. The lowest BCUT2D eigenvalue weighted by atomic mass is 10.1. The second kappa shape index (κ2) is 10.2. The molecule has 0 aliphatic rings. The molecule has 0 aliphatic heterocycles. The predicted octanol–water partition coefficient (Wildman–Crippen LogP) is 4.80. The Labute approximate surface area is 215 Å². The minimum absolute atomic E-state index is 0.199. The molecule has 0 radical (unpaired) electrons. The molecular weight excluding hydrogens is 464 g/mol. The van der Waals surface area contributed by atoms with Crippen LogP contribution < -0.4 is 10.6 Å². The van der Waals surface area contributed by atoms with E-state index in [2.05, 4.69) is 48.5 Å². The van der Waals surface area contributed by atoms with E-state index in [9.17, 15) is 4.79 Å². The van der Waals surface area contributed by atoms with Gasteiger partial charge in [-0.25, -0.2) is 9.97 Å². The third kappa shape index (κ3) is 5.07. The van der Waals surface area contributed by atoms with Crippen molar-refractivity contribution in [2.75, 3.05) is 31.3 Å². The summed E-state index contributed by atoms with van der Waals surface area (Å²) < 4.78 is 4.02. The Morgan fingerprint density at radius 1 is 1.16 bits per heavy atom. The van der Waals surface area contributed by atoms with Gasteiger partial charge in [-0.1, -0.05) is 24.3 Å². The van der Waals surface area contributed by atoms with Gasteiger partial charge in [0.25, 0.3) is 0 Å². The normalized spacial score (nSPS) is 11.7. The van der Waals surface area contributed by atoms with Crippen molar-refractivity contribution < 1.29 is 4.79 Å². The Morgan fingerprint density at radius 2 is 2.00 bits per heavy atom. The molecule has 3 aromatic heterocycles. The molecule has 0 saturated carbocycles. The molecule has 9 nitrogen and oxygen atoms in total. The minimum Gasteiger partial charge on any atom is -0.350 e. The smallest absolute Gasteiger partial charge is 0.248 e. The van der Waals surface area contributed by atoms with E-state index in [1.165, 1.54) is 6.08 Å². The van der Waals surface area contributed by atoms with Crippen molar-refractivity contribution in [2.24, 2.45) is 7.05 Å². The number of carbonyl (C=O) groups excluding carboxylic acids is 1. The summed E-state index contributed by atoms with van der Waals surface area (Å²) in [4.78, 5) is 23.8. The van der Waals surface area contributed by atoms with Gasteiger partial charge in [-0.2, -0.15) is 5.10 Å². The summed E-state index contributed by atoms with van der Waals surface area (Å²) in [7, 11) is 6.08. The number of aromatic nitrogens is 5. The molecule has 0 atom stereocenters. The Hall–Kier alpha value is -4.50. The van der Waals surface area contributed by atoms with Gasteiger partial charge < -0.3 is 20.1 Å². The van der Waals surface area contributed by atoms with Gasteiger partial charge in [-0.3, -0.25) is 9.48 Å². The fourth-order valence-corrected chi connectivity index (χ4v) is 4.43. The molecule has 2 N–H and O–H groups in total. The van der Waals surface area contributed by atoms with Crippen LogP contribution in [0.2, 0.25) is 0 Å². The summed E-state index contributed by atoms with van der Waals surface area (Å²) in [6.07, 6.45) is 8.86. The molecule has 0 spiro atoms. The second-order valence-electron chi connectivity index (χ2n) is 9.18. The average molecular weight is 495 g/mol. The van der Waals surface area contributed by atoms with E-state index in [1.54, 1.807) is 12.3 Å². The maximum absolute atomic E-state index is 12.5. The van der Waals surface area contributed by atoms with Gasteiger partial charge in [-0.15, -0.1) is 0 Å². The van der Waals surface area contributed by atoms with Gasteiger partial charge in [0.05, 0.1) is 29.6 Å². The maximum atomic E-state index is 12.5. The van der Waals surface area contributed by atoms with Crippen LogP contribution in [-0.4, -0.2) is 55.8 Å². The lowest BCUT2D eigenvalue weighted by Gasteiger charge is -2.14. The largest absolute Gasteiger partial charge is 0.350 e. The van der Waals surface area contributed by atoms with Crippen molar-refractivity contribution >= 4 is 45.0 Å². The fourth-order valence-electron chi connectivity index (χ4n) is 4.43. The van der Waals surface area contributed by atoms with Crippen LogP contribution in [0.1, 0.15) is 6.92 Å². The summed E-state index contributed by atoms with van der Waals surface area (Å²) in [6, 6.07) is 14.1. The molecule has 0 aliphatic carbocycles. The molecule has 5 aromatic rings. The van der Waals surface area contributed by atoms with E-state index in [0.29, 0.717) is 18.2 Å². The number of aryl methyl sites for hydroxylation is 1. The Kier molecular flexibility index (Phi) is 6.70. The predicted molar refractivity (Wildman–Crippen MR) is 149 cm³/mol. The first kappa shape index (κ1) is 24.2. The number of nitrogens with one attached hydrogen (secondary N) is 2. The lowest BCUT2D eigenvalue weighted by molar-refractivity contribution is -0.111. The van der Waals surface area contributed by atoms with Crippen molar-refractivity contribution in [1.82, 2.24) is 29.2 Å². The van der Waals surface area contributed by atoms with Crippen LogP contribution in [0.15, 0.2) is 73.2 Å². The van der Waals surface area contributed by atoms with Gasteiger partial charge >= 0.3 is 0 Å². The first-order valence-corrected chi connectivity index (χ1v) is 12.2. The van der Waals surface area contributed by atoms with Gasteiger partial charge in [0, 0.05) is 53.5 Å². The van der Waals surface area contributed by atoms with E-state index in [-0.39, 0.29) is 5.91 Å². The summed E-state index contributed by atoms with van der Waals surface area (Å²) >= 11 is 0. The molecule has 3 heterocycles. The van der Waals surface area contributed by atoms with Crippen molar-refractivity contribution in [3.8, 4) is 11.3 Å². The monoisotopic (exact) mass is 494 g/mol. The SMILES string of the molecule is C/C=C/C(=O)Nc1cc(Nc2nccc(-c3cn(C)c4ccccc34)n2)cc2cnn(CCN(C)C)c12. The highest BCUT2D eigenvalue weighted by molar-refractivity contribution is 6.06. The van der Waals surface area contributed by atoms with Gasteiger partial charge in [0.1, 0.15) is 0 Å². The Bertz CT molecular complexity index is 1610. The number of anilines is 3. The number of nitrogens with zero attached hydrogens (tertiary/aromatic N) is 6. The highest BCUT2D eigenvalue weighted by Crippen LogP contribution is 2.32. The number of para-hydroxylation sites is 1. The van der Waals surface area contributed by atoms with Crippen LogP contribution in [0.3, 0.4) is 0 Å². The molecule has 0 bridgehead atoms. The first-order valence-electron chi connectivity index (χ1n) is 12.2.